The van der Waals surface area contributed by atoms with E-state index in [-0.39, 0.29) is 12.3 Å². The van der Waals surface area contributed by atoms with Gasteiger partial charge in [-0.05, 0) is 67.8 Å². The lowest BCUT2D eigenvalue weighted by atomic mass is 10.1. The molecule has 0 N–H and O–H groups in total. The van der Waals surface area contributed by atoms with Crippen molar-refractivity contribution in [1.29, 1.82) is 0 Å². The second-order valence-electron chi connectivity index (χ2n) is 9.20. The van der Waals surface area contributed by atoms with Crippen LogP contribution in [0, 0.1) is 10.6 Å². The Morgan fingerprint density at radius 3 is 2.74 bits per heavy atom. The van der Waals surface area contributed by atoms with Gasteiger partial charge in [0.15, 0.2) is 17.9 Å². The summed E-state index contributed by atoms with van der Waals surface area (Å²) in [5, 5.41) is 18.2. The number of hydrogen-bond acceptors (Lipinski definition) is 8. The highest BCUT2D eigenvalue weighted by atomic mass is 127. The molecule has 0 aromatic carbocycles. The van der Waals surface area contributed by atoms with Gasteiger partial charge in [0, 0.05) is 25.8 Å². The van der Waals surface area contributed by atoms with Gasteiger partial charge in [-0.25, -0.2) is 18.9 Å². The van der Waals surface area contributed by atoms with Crippen LogP contribution in [0.3, 0.4) is 0 Å². The lowest BCUT2D eigenvalue weighted by Gasteiger charge is -2.34. The predicted octanol–water partition coefficient (Wildman–Crippen LogP) is 3.23. The first kappa shape index (κ1) is 22.9. The molecule has 6 rings (SSSR count). The van der Waals surface area contributed by atoms with E-state index in [1.165, 1.54) is 0 Å². The van der Waals surface area contributed by atoms with Crippen molar-refractivity contribution >= 4 is 33.9 Å². The summed E-state index contributed by atoms with van der Waals surface area (Å²) in [5.74, 6) is 1.62. The second-order valence-corrected chi connectivity index (χ2v) is 10.2. The van der Waals surface area contributed by atoms with Crippen LogP contribution in [0.2, 0.25) is 0 Å². The minimum absolute atomic E-state index is 0.0966. The summed E-state index contributed by atoms with van der Waals surface area (Å²) in [6.07, 6.45) is 4.83. The summed E-state index contributed by atoms with van der Waals surface area (Å²) in [7, 11) is 1.90. The topological polar surface area (TPSA) is 100 Å². The third-order valence-electron chi connectivity index (χ3n) is 6.71. The number of fused-ring (bicyclic) bond motifs is 1. The molecular formula is C23H28IN9O2. The number of rotatable bonds is 4. The summed E-state index contributed by atoms with van der Waals surface area (Å²) in [4.78, 5) is 7.30. The zero-order valence-electron chi connectivity index (χ0n) is 20.1. The number of ether oxygens (including phenoxy) is 2. The van der Waals surface area contributed by atoms with Crippen molar-refractivity contribution in [2.75, 3.05) is 31.3 Å². The molecule has 0 spiro atoms. The molecule has 0 bridgehead atoms. The van der Waals surface area contributed by atoms with E-state index in [0.29, 0.717) is 13.2 Å². The third kappa shape index (κ3) is 4.00. The van der Waals surface area contributed by atoms with Gasteiger partial charge in [-0.1, -0.05) is 5.21 Å². The van der Waals surface area contributed by atoms with E-state index >= 15 is 0 Å². The normalized spacial score (nSPS) is 21.2. The standard InChI is InChI=1S/C23H28IN9O2/c1-14-10-17(32(27-14)20-6-4-5-8-35-20)23-26-22(24)21-16(18-12-25-29-30(18)3)11-19(28-33(21)23)31-7-9-34-13-15(31)2/h10-12,15,20H,4-9,13H2,1-3H3/t15-,20?/m1/s1. The second kappa shape index (κ2) is 9.13. The molecule has 2 aliphatic heterocycles. The van der Waals surface area contributed by atoms with Gasteiger partial charge >= 0.3 is 0 Å². The number of nitrogens with zero attached hydrogens (tertiary/aromatic N) is 9. The number of aryl methyl sites for hydroxylation is 2. The largest absolute Gasteiger partial charge is 0.377 e. The molecule has 1 unspecified atom stereocenters. The maximum absolute atomic E-state index is 6.09. The SMILES string of the molecule is Cc1cc(-c2nc(I)c3c(-c4cnnn4C)cc(N4CCOC[C@H]4C)nn23)n(C2CCCCO2)n1. The summed E-state index contributed by atoms with van der Waals surface area (Å²) in [6.45, 7) is 7.03. The highest BCUT2D eigenvalue weighted by Gasteiger charge is 2.28. The number of anilines is 1. The Morgan fingerprint density at radius 1 is 1.11 bits per heavy atom. The number of hydrogen-bond donors (Lipinski definition) is 0. The summed E-state index contributed by atoms with van der Waals surface area (Å²) < 4.78 is 18.4. The molecule has 0 amide bonds. The van der Waals surface area contributed by atoms with E-state index in [1.807, 2.05) is 23.2 Å². The Hall–Kier alpha value is -2.58. The number of halogens is 1. The summed E-state index contributed by atoms with van der Waals surface area (Å²) in [6, 6.07) is 4.40. The van der Waals surface area contributed by atoms with Gasteiger partial charge in [0.1, 0.15) is 14.9 Å². The van der Waals surface area contributed by atoms with Gasteiger partial charge in [0.25, 0.3) is 0 Å². The van der Waals surface area contributed by atoms with Crippen molar-refractivity contribution in [1.82, 2.24) is 39.4 Å². The van der Waals surface area contributed by atoms with Crippen molar-refractivity contribution in [3.8, 4) is 22.8 Å². The molecule has 35 heavy (non-hydrogen) atoms. The number of morpholine rings is 1. The van der Waals surface area contributed by atoms with Crippen molar-refractivity contribution in [3.63, 3.8) is 0 Å². The van der Waals surface area contributed by atoms with E-state index in [2.05, 4.69) is 56.9 Å². The van der Waals surface area contributed by atoms with Gasteiger partial charge in [0.2, 0.25) is 0 Å². The Morgan fingerprint density at radius 2 is 2.00 bits per heavy atom. The fourth-order valence-electron chi connectivity index (χ4n) is 4.96. The van der Waals surface area contributed by atoms with E-state index in [0.717, 1.165) is 75.9 Å². The van der Waals surface area contributed by atoms with Crippen LogP contribution >= 0.6 is 22.6 Å². The van der Waals surface area contributed by atoms with Crippen molar-refractivity contribution < 1.29 is 9.47 Å². The van der Waals surface area contributed by atoms with Crippen LogP contribution in [-0.4, -0.2) is 71.8 Å². The summed E-state index contributed by atoms with van der Waals surface area (Å²) >= 11 is 2.29. The van der Waals surface area contributed by atoms with Crippen molar-refractivity contribution in [2.45, 2.75) is 45.4 Å². The molecule has 0 radical (unpaired) electrons. The van der Waals surface area contributed by atoms with Gasteiger partial charge in [-0.3, -0.25) is 0 Å². The number of aromatic nitrogens is 8. The smallest absolute Gasteiger partial charge is 0.181 e. The quantitative estimate of drug-likeness (QED) is 0.335. The van der Waals surface area contributed by atoms with Crippen LogP contribution in [0.5, 0.6) is 0 Å². The maximum Gasteiger partial charge on any atom is 0.181 e. The third-order valence-corrected chi connectivity index (χ3v) is 7.46. The Bertz CT molecular complexity index is 1370. The van der Waals surface area contributed by atoms with Gasteiger partial charge in [-0.15, -0.1) is 10.2 Å². The lowest BCUT2D eigenvalue weighted by Crippen LogP contribution is -2.44. The molecule has 2 saturated heterocycles. The molecule has 4 aromatic rings. The van der Waals surface area contributed by atoms with Crippen molar-refractivity contribution in [3.05, 3.63) is 27.7 Å². The molecule has 11 nitrogen and oxygen atoms in total. The Labute approximate surface area is 216 Å². The molecule has 2 aliphatic rings. The van der Waals surface area contributed by atoms with Crippen LogP contribution < -0.4 is 4.90 Å². The maximum atomic E-state index is 6.09. The minimum Gasteiger partial charge on any atom is -0.377 e. The van der Waals surface area contributed by atoms with Crippen LogP contribution in [0.4, 0.5) is 5.82 Å². The molecule has 184 valence electrons. The van der Waals surface area contributed by atoms with Gasteiger partial charge in [-0.2, -0.15) is 5.10 Å². The zero-order valence-corrected chi connectivity index (χ0v) is 22.2. The Kier molecular flexibility index (Phi) is 5.96. The van der Waals surface area contributed by atoms with Gasteiger partial charge in [0.05, 0.1) is 36.8 Å². The average Bonchev–Trinajstić information content (AvgIpc) is 3.56. The van der Waals surface area contributed by atoms with E-state index in [9.17, 15) is 0 Å². The molecule has 6 heterocycles. The fraction of sp³-hybridized carbons (Fsp3) is 0.522. The summed E-state index contributed by atoms with van der Waals surface area (Å²) in [5.41, 5.74) is 4.65. The first-order valence-electron chi connectivity index (χ1n) is 12.0. The fourth-order valence-corrected chi connectivity index (χ4v) is 5.71. The predicted molar refractivity (Wildman–Crippen MR) is 138 cm³/mol. The van der Waals surface area contributed by atoms with Crippen LogP contribution in [0.1, 0.15) is 38.1 Å². The van der Waals surface area contributed by atoms with Crippen LogP contribution in [0.25, 0.3) is 28.3 Å². The molecule has 0 saturated carbocycles. The molecule has 2 atom stereocenters. The average molecular weight is 589 g/mol. The zero-order chi connectivity index (χ0) is 24.1. The molecular weight excluding hydrogens is 561 g/mol. The molecule has 2 fully saturated rings. The first-order chi connectivity index (χ1) is 17.0. The van der Waals surface area contributed by atoms with E-state index in [1.54, 1.807) is 10.9 Å². The van der Waals surface area contributed by atoms with Gasteiger partial charge < -0.3 is 14.4 Å². The molecule has 0 aliphatic carbocycles. The highest BCUT2D eigenvalue weighted by Crippen LogP contribution is 2.35. The molecule has 4 aromatic heterocycles. The lowest BCUT2D eigenvalue weighted by molar-refractivity contribution is -0.0386. The minimum atomic E-state index is -0.0966. The van der Waals surface area contributed by atoms with E-state index in [4.69, 9.17) is 24.7 Å². The highest BCUT2D eigenvalue weighted by molar-refractivity contribution is 14.1. The van der Waals surface area contributed by atoms with Crippen LogP contribution in [-0.2, 0) is 16.5 Å². The van der Waals surface area contributed by atoms with Crippen molar-refractivity contribution in [2.24, 2.45) is 7.05 Å². The Balaban J connectivity index is 1.59. The van der Waals surface area contributed by atoms with E-state index < -0.39 is 0 Å². The first-order valence-corrected chi connectivity index (χ1v) is 13.1. The molecule has 12 heteroatoms. The van der Waals surface area contributed by atoms with Crippen LogP contribution in [0.15, 0.2) is 18.3 Å². The number of imidazole rings is 1. The monoisotopic (exact) mass is 589 g/mol.